The lowest BCUT2D eigenvalue weighted by atomic mass is 10.0. The van der Waals surface area contributed by atoms with Crippen LogP contribution in [0.3, 0.4) is 0 Å². The highest BCUT2D eigenvalue weighted by atomic mass is 32.1. The quantitative estimate of drug-likeness (QED) is 0.606. The zero-order chi connectivity index (χ0) is 20.9. The molecule has 0 spiro atoms. The Balaban J connectivity index is 1.46. The molecule has 1 saturated heterocycles. The number of aromatic nitrogens is 2. The number of aromatic amines is 1. The van der Waals surface area contributed by atoms with Gasteiger partial charge in [0.15, 0.2) is 5.69 Å². The van der Waals surface area contributed by atoms with Crippen molar-refractivity contribution in [2.24, 2.45) is 0 Å². The summed E-state index contributed by atoms with van der Waals surface area (Å²) in [5, 5.41) is 10.2. The van der Waals surface area contributed by atoms with Crippen molar-refractivity contribution in [2.45, 2.75) is 13.0 Å². The normalized spacial score (nSPS) is 15.7. The molecular formula is C22H26N4O3S. The van der Waals surface area contributed by atoms with Gasteiger partial charge < -0.3 is 14.8 Å². The van der Waals surface area contributed by atoms with Crippen molar-refractivity contribution in [1.82, 2.24) is 20.4 Å². The average Bonchev–Trinajstić information content (AvgIpc) is 3.44. The maximum Gasteiger partial charge on any atom is 0.271 e. The summed E-state index contributed by atoms with van der Waals surface area (Å²) in [7, 11) is 1.66. The van der Waals surface area contributed by atoms with E-state index in [1.807, 2.05) is 18.2 Å². The highest BCUT2D eigenvalue weighted by Crippen LogP contribution is 2.27. The Morgan fingerprint density at radius 1 is 1.27 bits per heavy atom. The van der Waals surface area contributed by atoms with Crippen LogP contribution in [0.2, 0.25) is 0 Å². The van der Waals surface area contributed by atoms with Gasteiger partial charge in [0.1, 0.15) is 5.75 Å². The van der Waals surface area contributed by atoms with Gasteiger partial charge in [0, 0.05) is 24.5 Å². The number of carbonyl (C=O) groups excluding carboxylic acids is 1. The van der Waals surface area contributed by atoms with E-state index in [1.165, 1.54) is 4.88 Å². The summed E-state index contributed by atoms with van der Waals surface area (Å²) in [5.74, 6) is 0.633. The van der Waals surface area contributed by atoms with E-state index >= 15 is 0 Å². The number of aryl methyl sites for hydroxylation is 1. The van der Waals surface area contributed by atoms with E-state index in [4.69, 9.17) is 9.47 Å². The summed E-state index contributed by atoms with van der Waals surface area (Å²) in [5.41, 5.74) is 2.39. The first-order valence-corrected chi connectivity index (χ1v) is 10.8. The van der Waals surface area contributed by atoms with Gasteiger partial charge in [-0.2, -0.15) is 5.10 Å². The zero-order valence-electron chi connectivity index (χ0n) is 17.2. The second-order valence-corrected chi connectivity index (χ2v) is 8.51. The Kier molecular flexibility index (Phi) is 6.47. The molecule has 1 unspecified atom stereocenters. The molecule has 1 aromatic carbocycles. The summed E-state index contributed by atoms with van der Waals surface area (Å²) in [6.07, 6.45) is 0. The van der Waals surface area contributed by atoms with E-state index in [2.05, 4.69) is 45.5 Å². The minimum atomic E-state index is -0.183. The molecule has 2 N–H and O–H groups in total. The molecule has 1 aliphatic rings. The molecule has 158 valence electrons. The Morgan fingerprint density at radius 3 is 2.70 bits per heavy atom. The van der Waals surface area contributed by atoms with E-state index in [1.54, 1.807) is 24.5 Å². The molecule has 4 rings (SSSR count). The maximum atomic E-state index is 12.8. The Hall–Kier alpha value is -2.68. The molecule has 3 heterocycles. The van der Waals surface area contributed by atoms with Crippen molar-refractivity contribution in [3.05, 3.63) is 58.6 Å². The van der Waals surface area contributed by atoms with Gasteiger partial charge in [0.25, 0.3) is 5.91 Å². The molecule has 1 aliphatic heterocycles. The summed E-state index contributed by atoms with van der Waals surface area (Å²) < 4.78 is 10.8. The number of thiophene rings is 1. The Labute approximate surface area is 180 Å². The predicted octanol–water partition coefficient (Wildman–Crippen LogP) is 3.26. The largest absolute Gasteiger partial charge is 0.497 e. The topological polar surface area (TPSA) is 79.5 Å². The lowest BCUT2D eigenvalue weighted by molar-refractivity contribution is 0.0162. The number of H-pyrrole nitrogens is 1. The second-order valence-electron chi connectivity index (χ2n) is 7.22. The van der Waals surface area contributed by atoms with E-state index in [9.17, 15) is 4.79 Å². The Bertz CT molecular complexity index is 976. The molecule has 1 atom stereocenters. The molecule has 30 heavy (non-hydrogen) atoms. The van der Waals surface area contributed by atoms with Gasteiger partial charge in [-0.3, -0.25) is 14.8 Å². The van der Waals surface area contributed by atoms with Crippen LogP contribution < -0.4 is 10.1 Å². The van der Waals surface area contributed by atoms with E-state index in [0.717, 1.165) is 35.0 Å². The van der Waals surface area contributed by atoms with Gasteiger partial charge in [-0.1, -0.05) is 12.1 Å². The van der Waals surface area contributed by atoms with Gasteiger partial charge in [-0.05, 0) is 42.8 Å². The summed E-state index contributed by atoms with van der Waals surface area (Å²) >= 11 is 1.67. The molecule has 7 nitrogen and oxygen atoms in total. The number of ether oxygens (including phenoxy) is 2. The molecular weight excluding hydrogens is 400 g/mol. The summed E-state index contributed by atoms with van der Waals surface area (Å²) in [6, 6.07) is 14.0. The zero-order valence-corrected chi connectivity index (χ0v) is 18.0. The van der Waals surface area contributed by atoms with E-state index in [0.29, 0.717) is 25.5 Å². The van der Waals surface area contributed by atoms with E-state index < -0.39 is 0 Å². The molecule has 0 aliphatic carbocycles. The van der Waals surface area contributed by atoms with Crippen molar-refractivity contribution < 1.29 is 14.3 Å². The van der Waals surface area contributed by atoms with Crippen LogP contribution in [0.25, 0.3) is 10.6 Å². The van der Waals surface area contributed by atoms with Crippen LogP contribution >= 0.6 is 11.3 Å². The van der Waals surface area contributed by atoms with Gasteiger partial charge in [0.05, 0.1) is 36.9 Å². The van der Waals surface area contributed by atoms with Crippen LogP contribution in [0, 0.1) is 6.92 Å². The number of hydrogen-bond acceptors (Lipinski definition) is 6. The fraction of sp³-hybridized carbons (Fsp3) is 0.364. The smallest absolute Gasteiger partial charge is 0.271 e. The third-order valence-corrected chi connectivity index (χ3v) is 6.29. The number of rotatable bonds is 7. The molecule has 0 saturated carbocycles. The van der Waals surface area contributed by atoms with Crippen LogP contribution in [0.15, 0.2) is 42.5 Å². The Morgan fingerprint density at radius 2 is 2.03 bits per heavy atom. The molecule has 0 radical (unpaired) electrons. The number of amides is 1. The number of benzene rings is 1. The molecule has 1 fully saturated rings. The van der Waals surface area contributed by atoms with Crippen LogP contribution in [0.5, 0.6) is 5.75 Å². The van der Waals surface area contributed by atoms with Crippen LogP contribution in [0.4, 0.5) is 0 Å². The third kappa shape index (κ3) is 4.72. The minimum Gasteiger partial charge on any atom is -0.497 e. The number of hydrogen-bond donors (Lipinski definition) is 2. The van der Waals surface area contributed by atoms with Crippen LogP contribution in [0.1, 0.15) is 27.0 Å². The minimum absolute atomic E-state index is 0.0575. The van der Waals surface area contributed by atoms with Crippen molar-refractivity contribution in [3.63, 3.8) is 0 Å². The first-order valence-electron chi connectivity index (χ1n) is 10.00. The molecule has 0 bridgehead atoms. The highest BCUT2D eigenvalue weighted by Gasteiger charge is 2.24. The van der Waals surface area contributed by atoms with Crippen molar-refractivity contribution in [1.29, 1.82) is 0 Å². The maximum absolute atomic E-state index is 12.8. The van der Waals surface area contributed by atoms with Crippen LogP contribution in [-0.2, 0) is 4.74 Å². The number of methoxy groups -OCH3 is 1. The number of morpholine rings is 1. The monoisotopic (exact) mass is 426 g/mol. The first kappa shape index (κ1) is 20.6. The first-order chi connectivity index (χ1) is 14.6. The van der Waals surface area contributed by atoms with Gasteiger partial charge in [0.2, 0.25) is 0 Å². The number of nitrogens with one attached hydrogen (secondary N) is 2. The summed E-state index contributed by atoms with van der Waals surface area (Å²) in [6.45, 7) is 5.61. The summed E-state index contributed by atoms with van der Waals surface area (Å²) in [4.78, 5) is 17.4. The molecule has 8 heteroatoms. The standard InChI is InChI=1S/C22H26N4O3S/c1-15-3-8-21(30-15)18-13-19(25-24-18)22(27)23-14-20(26-9-11-29-12-10-26)16-4-6-17(28-2)7-5-16/h3-8,13,20H,9-12,14H2,1-2H3,(H,23,27)(H,24,25). The average molecular weight is 427 g/mol. The van der Waals surface area contributed by atoms with Gasteiger partial charge in [-0.25, -0.2) is 0 Å². The predicted molar refractivity (Wildman–Crippen MR) is 117 cm³/mol. The lowest BCUT2D eigenvalue weighted by Gasteiger charge is -2.35. The van der Waals surface area contributed by atoms with Crippen molar-refractivity contribution in [2.75, 3.05) is 40.0 Å². The third-order valence-electron chi connectivity index (χ3n) is 5.26. The second kappa shape index (κ2) is 9.42. The number of nitrogens with zero attached hydrogens (tertiary/aromatic N) is 2. The lowest BCUT2D eigenvalue weighted by Crippen LogP contribution is -2.43. The fourth-order valence-electron chi connectivity index (χ4n) is 3.60. The van der Waals surface area contributed by atoms with Gasteiger partial charge in [-0.15, -0.1) is 11.3 Å². The fourth-order valence-corrected chi connectivity index (χ4v) is 4.43. The van der Waals surface area contributed by atoms with Gasteiger partial charge >= 0.3 is 0 Å². The number of carbonyl (C=O) groups is 1. The van der Waals surface area contributed by atoms with Crippen molar-refractivity contribution >= 4 is 17.2 Å². The van der Waals surface area contributed by atoms with Crippen LogP contribution in [-0.4, -0.2) is 61.0 Å². The van der Waals surface area contributed by atoms with Crippen molar-refractivity contribution in [3.8, 4) is 16.3 Å². The van der Waals surface area contributed by atoms with E-state index in [-0.39, 0.29) is 11.9 Å². The highest BCUT2D eigenvalue weighted by molar-refractivity contribution is 7.15. The molecule has 3 aromatic rings. The SMILES string of the molecule is COc1ccc(C(CNC(=O)c2cc(-c3ccc(C)s3)[nH]n2)N2CCOCC2)cc1. The molecule has 2 aromatic heterocycles. The molecule has 1 amide bonds.